The number of likely N-dealkylation sites (tertiary alicyclic amines) is 1. The van der Waals surface area contributed by atoms with Gasteiger partial charge >= 0.3 is 5.97 Å². The number of carboxylic acids is 1. The van der Waals surface area contributed by atoms with Gasteiger partial charge in [-0.25, -0.2) is 17.9 Å². The van der Waals surface area contributed by atoms with Crippen LogP contribution in [0, 0.1) is 0 Å². The molecular weight excluding hydrogens is 356 g/mol. The zero-order valence-electron chi connectivity index (χ0n) is 14.8. The lowest BCUT2D eigenvalue weighted by atomic mass is 9.98. The molecule has 0 aromatic heterocycles. The van der Waals surface area contributed by atoms with E-state index in [0.717, 1.165) is 18.4 Å². The van der Waals surface area contributed by atoms with Gasteiger partial charge in [0.05, 0.1) is 4.90 Å². The fourth-order valence-electron chi connectivity index (χ4n) is 3.30. The van der Waals surface area contributed by atoms with E-state index < -0.39 is 21.5 Å². The Balaban J connectivity index is 1.59. The van der Waals surface area contributed by atoms with Crippen molar-refractivity contribution < 1.29 is 23.1 Å². The highest BCUT2D eigenvalue weighted by Crippen LogP contribution is 2.30. The van der Waals surface area contributed by atoms with E-state index in [0.29, 0.717) is 25.8 Å². The van der Waals surface area contributed by atoms with Crippen molar-refractivity contribution in [2.75, 3.05) is 6.54 Å². The fraction of sp³-hybridized carbons (Fsp3) is 0.556. The zero-order valence-corrected chi connectivity index (χ0v) is 15.6. The van der Waals surface area contributed by atoms with Gasteiger partial charge in [0, 0.05) is 19.0 Å². The van der Waals surface area contributed by atoms with Gasteiger partial charge in [-0.3, -0.25) is 4.79 Å². The van der Waals surface area contributed by atoms with Crippen molar-refractivity contribution in [3.05, 3.63) is 29.8 Å². The molecule has 1 aromatic carbocycles. The number of benzene rings is 1. The summed E-state index contributed by atoms with van der Waals surface area (Å²) in [5, 5.41) is 9.39. The van der Waals surface area contributed by atoms with Gasteiger partial charge in [-0.15, -0.1) is 0 Å². The van der Waals surface area contributed by atoms with Crippen molar-refractivity contribution >= 4 is 21.9 Å². The SMILES string of the molecule is CC1(C(=O)O)CCCN1C(=O)CCc1ccc(S(=O)(=O)NC2CC2)cc1. The van der Waals surface area contributed by atoms with Crippen LogP contribution in [-0.4, -0.2) is 48.4 Å². The predicted octanol–water partition coefficient (Wildman–Crippen LogP) is 1.53. The molecule has 2 N–H and O–H groups in total. The first-order valence-electron chi connectivity index (χ1n) is 8.87. The number of hydrogen-bond acceptors (Lipinski definition) is 4. The molecule has 1 heterocycles. The highest BCUT2D eigenvalue weighted by Gasteiger charge is 2.45. The highest BCUT2D eigenvalue weighted by atomic mass is 32.2. The van der Waals surface area contributed by atoms with Crippen molar-refractivity contribution in [2.24, 2.45) is 0 Å². The summed E-state index contributed by atoms with van der Waals surface area (Å²) in [6.07, 6.45) is 3.57. The number of aryl methyl sites for hydroxylation is 1. The summed E-state index contributed by atoms with van der Waals surface area (Å²) in [6.45, 7) is 2.05. The first-order valence-corrected chi connectivity index (χ1v) is 10.4. The Morgan fingerprint density at radius 2 is 1.92 bits per heavy atom. The molecule has 0 radical (unpaired) electrons. The molecule has 2 fully saturated rings. The van der Waals surface area contributed by atoms with E-state index >= 15 is 0 Å². The lowest BCUT2D eigenvalue weighted by molar-refractivity contribution is -0.155. The molecule has 26 heavy (non-hydrogen) atoms. The molecular formula is C18H24N2O5S. The summed E-state index contributed by atoms with van der Waals surface area (Å²) >= 11 is 0. The minimum Gasteiger partial charge on any atom is -0.480 e. The molecule has 142 valence electrons. The minimum absolute atomic E-state index is 0.0568. The highest BCUT2D eigenvalue weighted by molar-refractivity contribution is 7.89. The molecule has 1 unspecified atom stereocenters. The molecule has 0 bridgehead atoms. The van der Waals surface area contributed by atoms with E-state index in [4.69, 9.17) is 0 Å². The number of carboxylic acid groups (broad SMARTS) is 1. The zero-order chi connectivity index (χ0) is 18.9. The summed E-state index contributed by atoms with van der Waals surface area (Å²) < 4.78 is 26.9. The largest absolute Gasteiger partial charge is 0.480 e. The van der Waals surface area contributed by atoms with Crippen LogP contribution >= 0.6 is 0 Å². The fourth-order valence-corrected chi connectivity index (χ4v) is 4.60. The van der Waals surface area contributed by atoms with Crippen LogP contribution in [0.5, 0.6) is 0 Å². The first kappa shape index (κ1) is 18.8. The Bertz CT molecular complexity index is 801. The maximum Gasteiger partial charge on any atom is 0.329 e. The Morgan fingerprint density at radius 1 is 1.27 bits per heavy atom. The van der Waals surface area contributed by atoms with E-state index in [1.807, 2.05) is 0 Å². The molecule has 1 aliphatic carbocycles. The summed E-state index contributed by atoms with van der Waals surface area (Å²) in [5.74, 6) is -1.15. The predicted molar refractivity (Wildman–Crippen MR) is 95.1 cm³/mol. The van der Waals surface area contributed by atoms with Gasteiger partial charge in [0.2, 0.25) is 15.9 Å². The topological polar surface area (TPSA) is 104 Å². The normalized spacial score (nSPS) is 23.2. The molecule has 1 saturated carbocycles. The smallest absolute Gasteiger partial charge is 0.329 e. The van der Waals surface area contributed by atoms with Crippen LogP contribution in [0.2, 0.25) is 0 Å². The van der Waals surface area contributed by atoms with Crippen LogP contribution in [0.25, 0.3) is 0 Å². The second-order valence-corrected chi connectivity index (χ2v) is 8.98. The van der Waals surface area contributed by atoms with Gasteiger partial charge in [-0.05, 0) is 56.7 Å². The molecule has 7 nitrogen and oxygen atoms in total. The maximum atomic E-state index is 12.4. The second kappa shape index (κ2) is 7.00. The average Bonchev–Trinajstić information content (AvgIpc) is 3.30. The molecule has 0 spiro atoms. The van der Waals surface area contributed by atoms with Crippen molar-refractivity contribution in [2.45, 2.75) is 61.9 Å². The molecule has 8 heteroatoms. The van der Waals surface area contributed by atoms with E-state index in [9.17, 15) is 23.1 Å². The molecule has 1 aromatic rings. The van der Waals surface area contributed by atoms with Crippen LogP contribution in [0.3, 0.4) is 0 Å². The summed E-state index contributed by atoms with van der Waals surface area (Å²) in [7, 11) is -3.47. The number of sulfonamides is 1. The quantitative estimate of drug-likeness (QED) is 0.746. The summed E-state index contributed by atoms with van der Waals surface area (Å²) in [6, 6.07) is 6.55. The number of amides is 1. The van der Waals surface area contributed by atoms with Crippen molar-refractivity contribution in [3.63, 3.8) is 0 Å². The van der Waals surface area contributed by atoms with Crippen LogP contribution in [0.1, 0.15) is 44.6 Å². The minimum atomic E-state index is -3.47. The Labute approximate surface area is 153 Å². The number of nitrogens with one attached hydrogen (secondary N) is 1. The lowest BCUT2D eigenvalue weighted by Crippen LogP contribution is -2.50. The van der Waals surface area contributed by atoms with E-state index in [1.54, 1.807) is 31.2 Å². The monoisotopic (exact) mass is 380 g/mol. The van der Waals surface area contributed by atoms with Crippen molar-refractivity contribution in [3.8, 4) is 0 Å². The Kier molecular flexibility index (Phi) is 5.07. The van der Waals surface area contributed by atoms with E-state index in [1.165, 1.54) is 4.90 Å². The van der Waals surface area contributed by atoms with Gasteiger partial charge in [-0.2, -0.15) is 0 Å². The van der Waals surface area contributed by atoms with Gasteiger partial charge in [0.25, 0.3) is 0 Å². The lowest BCUT2D eigenvalue weighted by Gasteiger charge is -2.31. The second-order valence-electron chi connectivity index (χ2n) is 7.27. The van der Waals surface area contributed by atoms with Crippen LogP contribution in [0.15, 0.2) is 29.2 Å². The third-order valence-corrected chi connectivity index (χ3v) is 6.70. The van der Waals surface area contributed by atoms with Gasteiger partial charge < -0.3 is 10.0 Å². The standard InChI is InChI=1S/C18H24N2O5S/c1-18(17(22)23)11-2-12-20(18)16(21)10-5-13-3-8-15(9-4-13)26(24,25)19-14-6-7-14/h3-4,8-9,14,19H,2,5-7,10-12H2,1H3,(H,22,23). The molecule has 1 atom stereocenters. The van der Waals surface area contributed by atoms with Gasteiger partial charge in [-0.1, -0.05) is 12.1 Å². The molecule has 1 aliphatic heterocycles. The van der Waals surface area contributed by atoms with Crippen LogP contribution in [0.4, 0.5) is 0 Å². The van der Waals surface area contributed by atoms with Crippen molar-refractivity contribution in [1.29, 1.82) is 0 Å². The van der Waals surface area contributed by atoms with Crippen molar-refractivity contribution in [1.82, 2.24) is 9.62 Å². The molecule has 1 amide bonds. The number of nitrogens with zero attached hydrogens (tertiary/aromatic N) is 1. The maximum absolute atomic E-state index is 12.4. The van der Waals surface area contributed by atoms with E-state index in [2.05, 4.69) is 4.72 Å². The van der Waals surface area contributed by atoms with Gasteiger partial charge in [0.1, 0.15) is 5.54 Å². The number of rotatable bonds is 7. The van der Waals surface area contributed by atoms with Crippen LogP contribution < -0.4 is 4.72 Å². The molecule has 2 aliphatic rings. The summed E-state index contributed by atoms with van der Waals surface area (Å²) in [4.78, 5) is 25.6. The number of carbonyl (C=O) groups is 2. The Hall–Kier alpha value is -1.93. The third-order valence-electron chi connectivity index (χ3n) is 5.16. The number of hydrogen-bond donors (Lipinski definition) is 2. The Morgan fingerprint density at radius 3 is 2.50 bits per heavy atom. The average molecular weight is 380 g/mol. The van der Waals surface area contributed by atoms with Crippen LogP contribution in [-0.2, 0) is 26.0 Å². The number of carbonyl (C=O) groups excluding carboxylic acids is 1. The van der Waals surface area contributed by atoms with E-state index in [-0.39, 0.29) is 23.3 Å². The number of aliphatic carboxylic acids is 1. The first-order chi connectivity index (χ1) is 12.2. The molecule has 3 rings (SSSR count). The summed E-state index contributed by atoms with van der Waals surface area (Å²) in [5.41, 5.74) is -0.274. The third kappa shape index (κ3) is 3.91. The van der Waals surface area contributed by atoms with Gasteiger partial charge in [0.15, 0.2) is 0 Å². The molecule has 1 saturated heterocycles.